The van der Waals surface area contributed by atoms with Crippen LogP contribution in [0.25, 0.3) is 0 Å². The lowest BCUT2D eigenvalue weighted by Gasteiger charge is -2.18. The number of aliphatic hydroxyl groups excluding tert-OH is 1. The number of hydrogen-bond donors (Lipinski definition) is 1. The molecule has 0 heterocycles. The van der Waals surface area contributed by atoms with Gasteiger partial charge < -0.3 is 14.6 Å². The molecule has 1 unspecified atom stereocenters. The van der Waals surface area contributed by atoms with E-state index >= 15 is 0 Å². The quantitative estimate of drug-likeness (QED) is 0.436. The molecule has 6 heteroatoms. The van der Waals surface area contributed by atoms with E-state index in [4.69, 9.17) is 9.84 Å². The number of carbonyl (C=O) groups excluding carboxylic acids is 2. The monoisotopic (exact) mass is 273 g/mol. The van der Waals surface area contributed by atoms with E-state index in [0.717, 1.165) is 6.08 Å². The molecule has 0 amide bonds. The van der Waals surface area contributed by atoms with Crippen molar-refractivity contribution in [2.45, 2.75) is 20.1 Å². The Kier molecular flexibility index (Phi) is 11.8. The van der Waals surface area contributed by atoms with Gasteiger partial charge in [0.05, 0.1) is 6.61 Å². The highest BCUT2D eigenvalue weighted by atomic mass is 16.6. The summed E-state index contributed by atoms with van der Waals surface area (Å²) in [5.41, 5.74) is 0.350. The minimum absolute atomic E-state index is 0.0473. The van der Waals surface area contributed by atoms with Gasteiger partial charge in [0, 0.05) is 11.6 Å². The van der Waals surface area contributed by atoms with Crippen LogP contribution < -0.4 is 0 Å². The van der Waals surface area contributed by atoms with Crippen LogP contribution in [-0.2, 0) is 19.1 Å². The Morgan fingerprint density at radius 2 is 1.95 bits per heavy atom. The van der Waals surface area contributed by atoms with Crippen LogP contribution in [0.4, 0.5) is 0 Å². The molecule has 0 aliphatic carbocycles. The Hall–Kier alpha value is -1.66. The molecule has 0 aliphatic rings. The number of esters is 2. The maximum absolute atomic E-state index is 10.6. The third-order valence-corrected chi connectivity index (χ3v) is 1.85. The molecule has 1 atom stereocenters. The second kappa shape index (κ2) is 11.4. The molecule has 0 aliphatic heterocycles. The van der Waals surface area contributed by atoms with Crippen LogP contribution in [0, 0.1) is 0 Å². The maximum atomic E-state index is 10.6. The standard InChI is InChI=1S/C7H13NO2.C6H10O3/c1-5-7(9)10-6(2)8(3)4;1-5(2)6(8)9-4-3-7/h5-6H,1H2,2-4H3;7H,1,3-4H2,2H3. The van der Waals surface area contributed by atoms with Gasteiger partial charge in [-0.25, -0.2) is 9.59 Å². The zero-order valence-corrected chi connectivity index (χ0v) is 12.0. The molecule has 0 aromatic carbocycles. The smallest absolute Gasteiger partial charge is 0.333 e. The molecule has 1 N–H and O–H groups in total. The predicted molar refractivity (Wildman–Crippen MR) is 72.3 cm³/mol. The zero-order valence-electron chi connectivity index (χ0n) is 12.0. The second-order valence-electron chi connectivity index (χ2n) is 3.84. The van der Waals surface area contributed by atoms with Crippen molar-refractivity contribution < 1.29 is 24.2 Å². The van der Waals surface area contributed by atoms with Crippen molar-refractivity contribution in [1.82, 2.24) is 4.90 Å². The number of ether oxygens (including phenoxy) is 2. The number of rotatable bonds is 6. The molecule has 0 bridgehead atoms. The van der Waals surface area contributed by atoms with Gasteiger partial charge in [-0.15, -0.1) is 0 Å². The van der Waals surface area contributed by atoms with Gasteiger partial charge in [0.15, 0.2) is 6.23 Å². The van der Waals surface area contributed by atoms with Crippen LogP contribution in [-0.4, -0.2) is 55.5 Å². The lowest BCUT2D eigenvalue weighted by atomic mass is 10.4. The van der Waals surface area contributed by atoms with Gasteiger partial charge in [-0.3, -0.25) is 4.90 Å². The first-order valence-electron chi connectivity index (χ1n) is 5.69. The Morgan fingerprint density at radius 3 is 2.26 bits per heavy atom. The highest BCUT2D eigenvalue weighted by molar-refractivity contribution is 5.86. The molecule has 0 fully saturated rings. The van der Waals surface area contributed by atoms with E-state index in [2.05, 4.69) is 17.9 Å². The van der Waals surface area contributed by atoms with Crippen LogP contribution in [0.15, 0.2) is 24.8 Å². The normalized spacial score (nSPS) is 10.8. The van der Waals surface area contributed by atoms with Crippen LogP contribution in [0.1, 0.15) is 13.8 Å². The van der Waals surface area contributed by atoms with E-state index < -0.39 is 5.97 Å². The largest absolute Gasteiger partial charge is 0.460 e. The van der Waals surface area contributed by atoms with Gasteiger partial charge in [-0.2, -0.15) is 0 Å². The van der Waals surface area contributed by atoms with E-state index in [0.29, 0.717) is 5.57 Å². The number of nitrogens with zero attached hydrogens (tertiary/aromatic N) is 1. The van der Waals surface area contributed by atoms with Gasteiger partial charge in [0.25, 0.3) is 0 Å². The fourth-order valence-electron chi connectivity index (χ4n) is 0.583. The summed E-state index contributed by atoms with van der Waals surface area (Å²) in [6, 6.07) is 0. The van der Waals surface area contributed by atoms with Gasteiger partial charge in [-0.1, -0.05) is 13.2 Å². The molecule has 0 saturated carbocycles. The third-order valence-electron chi connectivity index (χ3n) is 1.85. The number of aliphatic hydroxyl groups is 1. The summed E-state index contributed by atoms with van der Waals surface area (Å²) in [6.07, 6.45) is 0.963. The first-order valence-corrected chi connectivity index (χ1v) is 5.69. The average Bonchev–Trinajstić information content (AvgIpc) is 2.35. The third kappa shape index (κ3) is 12.6. The highest BCUT2D eigenvalue weighted by Crippen LogP contribution is 1.94. The molecule has 0 aromatic rings. The highest BCUT2D eigenvalue weighted by Gasteiger charge is 2.06. The predicted octanol–water partition coefficient (Wildman–Crippen LogP) is 0.721. The van der Waals surface area contributed by atoms with Crippen LogP contribution >= 0.6 is 0 Å². The van der Waals surface area contributed by atoms with Crippen LogP contribution in [0.5, 0.6) is 0 Å². The number of hydrogen-bond acceptors (Lipinski definition) is 6. The summed E-state index contributed by atoms with van der Waals surface area (Å²) in [4.78, 5) is 22.8. The Bertz CT molecular complexity index is 312. The fourth-order valence-corrected chi connectivity index (χ4v) is 0.583. The second-order valence-corrected chi connectivity index (χ2v) is 3.84. The summed E-state index contributed by atoms with van der Waals surface area (Å²) < 4.78 is 9.29. The summed E-state index contributed by atoms with van der Waals surface area (Å²) >= 11 is 0. The molecule has 0 spiro atoms. The molecular weight excluding hydrogens is 250 g/mol. The molecule has 110 valence electrons. The van der Waals surface area contributed by atoms with Crippen LogP contribution in [0.2, 0.25) is 0 Å². The molecule has 0 radical (unpaired) electrons. The van der Waals surface area contributed by atoms with Gasteiger partial charge in [0.1, 0.15) is 6.61 Å². The van der Waals surface area contributed by atoms with E-state index in [1.54, 1.807) is 18.7 Å². The summed E-state index contributed by atoms with van der Waals surface area (Å²) in [7, 11) is 3.67. The minimum Gasteiger partial charge on any atom is -0.460 e. The van der Waals surface area contributed by atoms with Gasteiger partial charge >= 0.3 is 11.9 Å². The summed E-state index contributed by atoms with van der Waals surface area (Å²) in [5.74, 6) is -0.842. The lowest BCUT2D eigenvalue weighted by Crippen LogP contribution is -2.29. The van der Waals surface area contributed by atoms with Crippen molar-refractivity contribution >= 4 is 11.9 Å². The zero-order chi connectivity index (χ0) is 15.4. The Morgan fingerprint density at radius 1 is 1.42 bits per heavy atom. The number of carbonyl (C=O) groups is 2. The van der Waals surface area contributed by atoms with E-state index in [-0.39, 0.29) is 25.4 Å². The maximum Gasteiger partial charge on any atom is 0.333 e. The van der Waals surface area contributed by atoms with Crippen molar-refractivity contribution in [3.8, 4) is 0 Å². The molecule has 0 aromatic heterocycles. The Balaban J connectivity index is 0. The van der Waals surface area contributed by atoms with Crippen molar-refractivity contribution in [2.75, 3.05) is 27.3 Å². The average molecular weight is 273 g/mol. The minimum atomic E-state index is -0.455. The molecule has 19 heavy (non-hydrogen) atoms. The van der Waals surface area contributed by atoms with Crippen molar-refractivity contribution in [2.24, 2.45) is 0 Å². The SMILES string of the molecule is C=C(C)C(=O)OCCO.C=CC(=O)OC(C)N(C)C. The van der Waals surface area contributed by atoms with Gasteiger partial charge in [0.2, 0.25) is 0 Å². The van der Waals surface area contributed by atoms with Gasteiger partial charge in [-0.05, 0) is 27.9 Å². The van der Waals surface area contributed by atoms with E-state index in [9.17, 15) is 9.59 Å². The first kappa shape index (κ1) is 19.7. The Labute approximate surface area is 114 Å². The van der Waals surface area contributed by atoms with E-state index in [1.165, 1.54) is 0 Å². The summed E-state index contributed by atoms with van der Waals surface area (Å²) in [5, 5.41) is 8.19. The molecule has 0 saturated heterocycles. The fraction of sp³-hybridized carbons (Fsp3) is 0.538. The lowest BCUT2D eigenvalue weighted by molar-refractivity contribution is -0.149. The van der Waals surface area contributed by atoms with Crippen molar-refractivity contribution in [1.29, 1.82) is 0 Å². The molecular formula is C13H23NO5. The van der Waals surface area contributed by atoms with Crippen molar-refractivity contribution in [3.63, 3.8) is 0 Å². The topological polar surface area (TPSA) is 76.1 Å². The molecule has 6 nitrogen and oxygen atoms in total. The summed E-state index contributed by atoms with van der Waals surface area (Å²) in [6.45, 7) is 9.89. The molecule has 0 rings (SSSR count). The van der Waals surface area contributed by atoms with Crippen LogP contribution in [0.3, 0.4) is 0 Å². The first-order chi connectivity index (χ1) is 8.76. The van der Waals surface area contributed by atoms with Crippen molar-refractivity contribution in [3.05, 3.63) is 24.8 Å². The van der Waals surface area contributed by atoms with E-state index in [1.807, 2.05) is 14.1 Å².